The minimum absolute atomic E-state index is 0.0112. The topological polar surface area (TPSA) is 67.8 Å². The number of hydrogen-bond donors (Lipinski definition) is 2. The standard InChI is InChI=1S/C21H24F3NO4/c1-2-28-18-8-3-15(4-9-18)5-12-20(27)25-13-17(26)14-29-19-10-6-16(7-11-19)21(22,23)24/h3-4,6-11,17,26H,2,5,12-14H2,1H3,(H,25,27). The molecule has 2 rings (SSSR count). The molecule has 2 aromatic rings. The summed E-state index contributed by atoms with van der Waals surface area (Å²) >= 11 is 0. The van der Waals surface area contributed by atoms with Gasteiger partial charge in [-0.2, -0.15) is 13.2 Å². The Labute approximate surface area is 167 Å². The van der Waals surface area contributed by atoms with Crippen molar-refractivity contribution in [2.45, 2.75) is 32.0 Å². The van der Waals surface area contributed by atoms with Gasteiger partial charge in [-0.3, -0.25) is 4.79 Å². The first-order valence-corrected chi connectivity index (χ1v) is 9.24. The number of carbonyl (C=O) groups excluding carboxylic acids is 1. The van der Waals surface area contributed by atoms with E-state index in [-0.39, 0.29) is 31.2 Å². The Bertz CT molecular complexity index is 761. The van der Waals surface area contributed by atoms with E-state index in [0.29, 0.717) is 13.0 Å². The van der Waals surface area contributed by atoms with Crippen molar-refractivity contribution < 1.29 is 32.5 Å². The maximum atomic E-state index is 12.5. The molecule has 1 amide bonds. The molecule has 0 fully saturated rings. The highest BCUT2D eigenvalue weighted by Crippen LogP contribution is 2.30. The number of aliphatic hydroxyl groups excluding tert-OH is 1. The van der Waals surface area contributed by atoms with Gasteiger partial charge >= 0.3 is 6.18 Å². The van der Waals surface area contributed by atoms with Gasteiger partial charge in [-0.15, -0.1) is 0 Å². The molecule has 0 aliphatic carbocycles. The van der Waals surface area contributed by atoms with Crippen LogP contribution in [0.2, 0.25) is 0 Å². The molecule has 0 aliphatic heterocycles. The number of alkyl halides is 3. The molecule has 0 radical (unpaired) electrons. The van der Waals surface area contributed by atoms with Crippen LogP contribution in [0.25, 0.3) is 0 Å². The van der Waals surface area contributed by atoms with Crippen molar-refractivity contribution in [3.05, 3.63) is 59.7 Å². The molecule has 5 nitrogen and oxygen atoms in total. The van der Waals surface area contributed by atoms with Gasteiger partial charge in [0.25, 0.3) is 0 Å². The number of ether oxygens (including phenoxy) is 2. The molecule has 2 N–H and O–H groups in total. The maximum Gasteiger partial charge on any atom is 0.416 e. The molecule has 0 aliphatic rings. The maximum absolute atomic E-state index is 12.5. The van der Waals surface area contributed by atoms with Gasteiger partial charge in [0, 0.05) is 13.0 Å². The molecular formula is C21H24F3NO4. The minimum Gasteiger partial charge on any atom is -0.494 e. The Morgan fingerprint density at radius 3 is 2.21 bits per heavy atom. The van der Waals surface area contributed by atoms with Gasteiger partial charge in [0.05, 0.1) is 12.2 Å². The zero-order valence-electron chi connectivity index (χ0n) is 16.0. The number of rotatable bonds is 10. The second-order valence-corrected chi connectivity index (χ2v) is 6.37. The fourth-order valence-corrected chi connectivity index (χ4v) is 2.49. The van der Waals surface area contributed by atoms with Gasteiger partial charge < -0.3 is 19.9 Å². The van der Waals surface area contributed by atoms with Crippen molar-refractivity contribution in [2.24, 2.45) is 0 Å². The number of nitrogens with one attached hydrogen (secondary N) is 1. The summed E-state index contributed by atoms with van der Waals surface area (Å²) < 4.78 is 48.1. The molecule has 0 heterocycles. The summed E-state index contributed by atoms with van der Waals surface area (Å²) in [5.74, 6) is 0.767. The van der Waals surface area contributed by atoms with E-state index in [2.05, 4.69) is 5.32 Å². The fraction of sp³-hybridized carbons (Fsp3) is 0.381. The van der Waals surface area contributed by atoms with Crippen LogP contribution in [0.15, 0.2) is 48.5 Å². The van der Waals surface area contributed by atoms with E-state index in [1.165, 1.54) is 12.1 Å². The van der Waals surface area contributed by atoms with Crippen LogP contribution in [0, 0.1) is 0 Å². The summed E-state index contributed by atoms with van der Waals surface area (Å²) in [4.78, 5) is 11.9. The zero-order valence-corrected chi connectivity index (χ0v) is 16.0. The summed E-state index contributed by atoms with van der Waals surface area (Å²) in [5.41, 5.74) is 0.222. The molecule has 29 heavy (non-hydrogen) atoms. The van der Waals surface area contributed by atoms with Crippen molar-refractivity contribution >= 4 is 5.91 Å². The lowest BCUT2D eigenvalue weighted by Gasteiger charge is -2.14. The third-order valence-electron chi connectivity index (χ3n) is 4.03. The molecule has 0 saturated carbocycles. The Balaban J connectivity index is 1.66. The first kappa shape index (κ1) is 22.5. The monoisotopic (exact) mass is 411 g/mol. The highest BCUT2D eigenvalue weighted by atomic mass is 19.4. The van der Waals surface area contributed by atoms with E-state index >= 15 is 0 Å². The summed E-state index contributed by atoms with van der Waals surface area (Å²) in [6.45, 7) is 2.33. The number of hydrogen-bond acceptors (Lipinski definition) is 4. The quantitative estimate of drug-likeness (QED) is 0.627. The van der Waals surface area contributed by atoms with Crippen molar-refractivity contribution in [1.82, 2.24) is 5.32 Å². The van der Waals surface area contributed by atoms with Crippen LogP contribution in [0.3, 0.4) is 0 Å². The Hall–Kier alpha value is -2.74. The van der Waals surface area contributed by atoms with Gasteiger partial charge in [-0.25, -0.2) is 0 Å². The average molecular weight is 411 g/mol. The number of benzene rings is 2. The summed E-state index contributed by atoms with van der Waals surface area (Å²) in [6.07, 6.45) is -4.57. The number of carbonyl (C=O) groups is 1. The second kappa shape index (κ2) is 10.7. The van der Waals surface area contributed by atoms with Gasteiger partial charge in [0.15, 0.2) is 0 Å². The van der Waals surface area contributed by atoms with Crippen LogP contribution >= 0.6 is 0 Å². The van der Waals surface area contributed by atoms with Crippen molar-refractivity contribution in [1.29, 1.82) is 0 Å². The molecule has 0 aromatic heterocycles. The summed E-state index contributed by atoms with van der Waals surface area (Å²) in [5, 5.41) is 12.5. The van der Waals surface area contributed by atoms with E-state index in [9.17, 15) is 23.1 Å². The molecule has 0 bridgehead atoms. The van der Waals surface area contributed by atoms with Crippen LogP contribution < -0.4 is 14.8 Å². The van der Waals surface area contributed by atoms with Crippen molar-refractivity contribution in [3.63, 3.8) is 0 Å². The SMILES string of the molecule is CCOc1ccc(CCC(=O)NCC(O)COc2ccc(C(F)(F)F)cc2)cc1. The lowest BCUT2D eigenvalue weighted by atomic mass is 10.1. The first-order valence-electron chi connectivity index (χ1n) is 9.24. The second-order valence-electron chi connectivity index (χ2n) is 6.37. The van der Waals surface area contributed by atoms with Crippen LogP contribution in [0.4, 0.5) is 13.2 Å². The third-order valence-corrected chi connectivity index (χ3v) is 4.03. The molecule has 158 valence electrons. The Morgan fingerprint density at radius 1 is 1.03 bits per heavy atom. The van der Waals surface area contributed by atoms with Gasteiger partial charge in [0.2, 0.25) is 5.91 Å². The van der Waals surface area contributed by atoms with Gasteiger partial charge in [-0.1, -0.05) is 12.1 Å². The molecule has 0 saturated heterocycles. The molecule has 1 unspecified atom stereocenters. The fourth-order valence-electron chi connectivity index (χ4n) is 2.49. The number of halogens is 3. The van der Waals surface area contributed by atoms with E-state index in [1.54, 1.807) is 0 Å². The Kier molecular flexibility index (Phi) is 8.33. The van der Waals surface area contributed by atoms with Gasteiger partial charge in [-0.05, 0) is 55.3 Å². The number of aryl methyl sites for hydroxylation is 1. The predicted octanol–water partition coefficient (Wildman–Crippen LogP) is 3.59. The van der Waals surface area contributed by atoms with Crippen molar-refractivity contribution in [2.75, 3.05) is 19.8 Å². The lowest BCUT2D eigenvalue weighted by molar-refractivity contribution is -0.137. The largest absolute Gasteiger partial charge is 0.494 e. The predicted molar refractivity (Wildman–Crippen MR) is 102 cm³/mol. The highest BCUT2D eigenvalue weighted by molar-refractivity contribution is 5.76. The zero-order chi connectivity index (χ0) is 21.3. The number of amides is 1. The average Bonchev–Trinajstić information content (AvgIpc) is 2.70. The molecule has 0 spiro atoms. The van der Waals surface area contributed by atoms with Crippen LogP contribution in [0.5, 0.6) is 11.5 Å². The van der Waals surface area contributed by atoms with Gasteiger partial charge in [0.1, 0.15) is 24.2 Å². The molecule has 8 heteroatoms. The van der Waals surface area contributed by atoms with Crippen LogP contribution in [-0.4, -0.2) is 36.9 Å². The molecule has 2 aromatic carbocycles. The normalized spacial score (nSPS) is 12.3. The van der Waals surface area contributed by atoms with E-state index in [0.717, 1.165) is 23.4 Å². The van der Waals surface area contributed by atoms with E-state index in [4.69, 9.17) is 9.47 Å². The van der Waals surface area contributed by atoms with E-state index in [1.807, 2.05) is 31.2 Å². The summed E-state index contributed by atoms with van der Waals surface area (Å²) in [7, 11) is 0. The van der Waals surface area contributed by atoms with Crippen LogP contribution in [-0.2, 0) is 17.4 Å². The highest BCUT2D eigenvalue weighted by Gasteiger charge is 2.30. The van der Waals surface area contributed by atoms with Crippen molar-refractivity contribution in [3.8, 4) is 11.5 Å². The van der Waals surface area contributed by atoms with E-state index < -0.39 is 17.8 Å². The summed E-state index contributed by atoms with van der Waals surface area (Å²) in [6, 6.07) is 11.7. The lowest BCUT2D eigenvalue weighted by Crippen LogP contribution is -2.35. The minimum atomic E-state index is -4.41. The van der Waals surface area contributed by atoms with Crippen LogP contribution in [0.1, 0.15) is 24.5 Å². The third kappa shape index (κ3) is 8.03. The first-order chi connectivity index (χ1) is 13.8. The number of aliphatic hydroxyl groups is 1. The molecule has 1 atom stereocenters. The molecular weight excluding hydrogens is 387 g/mol. The Morgan fingerprint density at radius 2 is 1.62 bits per heavy atom. The smallest absolute Gasteiger partial charge is 0.416 e.